The van der Waals surface area contributed by atoms with E-state index in [1.807, 2.05) is 27.7 Å². The van der Waals surface area contributed by atoms with Crippen molar-refractivity contribution in [3.8, 4) is 5.88 Å². The van der Waals surface area contributed by atoms with Gasteiger partial charge in [0.1, 0.15) is 18.7 Å². The van der Waals surface area contributed by atoms with Crippen LogP contribution < -0.4 is 9.64 Å². The summed E-state index contributed by atoms with van der Waals surface area (Å²) in [7, 11) is 0. The van der Waals surface area contributed by atoms with Crippen molar-refractivity contribution in [2.75, 3.05) is 11.4 Å². The molecule has 0 amide bonds. The molecule has 1 unspecified atom stereocenters. The lowest BCUT2D eigenvalue weighted by molar-refractivity contribution is -0.135. The zero-order valence-corrected chi connectivity index (χ0v) is 11.8. The molecule has 1 atom stereocenters. The van der Waals surface area contributed by atoms with Crippen LogP contribution >= 0.6 is 0 Å². The van der Waals surface area contributed by atoms with Gasteiger partial charge in [0, 0.05) is 12.1 Å². The number of carbonyl (C=O) groups is 1. The van der Waals surface area contributed by atoms with E-state index in [9.17, 15) is 4.79 Å². The predicted molar refractivity (Wildman–Crippen MR) is 72.5 cm³/mol. The molecule has 0 aromatic carbocycles. The van der Waals surface area contributed by atoms with Gasteiger partial charge in [-0.25, -0.2) is 9.97 Å². The highest BCUT2D eigenvalue weighted by Gasteiger charge is 2.18. The first-order valence-electron chi connectivity index (χ1n) is 6.41. The standard InChI is InChI=1S/C13H21N3O3/c1-5-10(4)16(7-13(17)18)11-6-12(15-8-14-11)19-9(2)3/h6,8-10H,5,7H2,1-4H3,(H,17,18). The second-order valence-corrected chi connectivity index (χ2v) is 4.66. The average Bonchev–Trinajstić information content (AvgIpc) is 2.34. The number of nitrogens with zero attached hydrogens (tertiary/aromatic N) is 3. The van der Waals surface area contributed by atoms with Crippen LogP contribution in [0.3, 0.4) is 0 Å². The number of aromatic nitrogens is 2. The predicted octanol–water partition coefficient (Wildman–Crippen LogP) is 1.95. The van der Waals surface area contributed by atoms with Gasteiger partial charge < -0.3 is 14.7 Å². The fourth-order valence-corrected chi connectivity index (χ4v) is 1.62. The van der Waals surface area contributed by atoms with Crippen LogP contribution in [0.2, 0.25) is 0 Å². The van der Waals surface area contributed by atoms with Gasteiger partial charge >= 0.3 is 5.97 Å². The third-order valence-electron chi connectivity index (χ3n) is 2.71. The van der Waals surface area contributed by atoms with Gasteiger partial charge in [-0.15, -0.1) is 0 Å². The summed E-state index contributed by atoms with van der Waals surface area (Å²) in [6.45, 7) is 7.70. The van der Waals surface area contributed by atoms with E-state index in [2.05, 4.69) is 9.97 Å². The Morgan fingerprint density at radius 3 is 2.63 bits per heavy atom. The second-order valence-electron chi connectivity index (χ2n) is 4.66. The Balaban J connectivity index is 2.97. The van der Waals surface area contributed by atoms with E-state index >= 15 is 0 Å². The van der Waals surface area contributed by atoms with E-state index in [1.54, 1.807) is 11.0 Å². The minimum Gasteiger partial charge on any atom is -0.480 e. The van der Waals surface area contributed by atoms with E-state index in [-0.39, 0.29) is 18.7 Å². The lowest BCUT2D eigenvalue weighted by atomic mass is 10.2. The van der Waals surface area contributed by atoms with Gasteiger partial charge in [-0.1, -0.05) is 6.92 Å². The maximum Gasteiger partial charge on any atom is 0.323 e. The molecule has 0 saturated heterocycles. The van der Waals surface area contributed by atoms with Crippen LogP contribution in [0, 0.1) is 0 Å². The van der Waals surface area contributed by atoms with Crippen molar-refractivity contribution in [2.24, 2.45) is 0 Å². The van der Waals surface area contributed by atoms with Crippen molar-refractivity contribution in [2.45, 2.75) is 46.3 Å². The average molecular weight is 267 g/mol. The summed E-state index contributed by atoms with van der Waals surface area (Å²) in [6.07, 6.45) is 2.24. The normalized spacial score (nSPS) is 12.3. The molecule has 19 heavy (non-hydrogen) atoms. The van der Waals surface area contributed by atoms with Crippen LogP contribution in [0.25, 0.3) is 0 Å². The van der Waals surface area contributed by atoms with Gasteiger partial charge in [-0.2, -0.15) is 0 Å². The highest BCUT2D eigenvalue weighted by atomic mass is 16.5. The molecule has 1 heterocycles. The van der Waals surface area contributed by atoms with Gasteiger partial charge in [0.05, 0.1) is 6.10 Å². The minimum atomic E-state index is -0.884. The molecule has 106 valence electrons. The van der Waals surface area contributed by atoms with Crippen molar-refractivity contribution in [1.82, 2.24) is 9.97 Å². The number of rotatable bonds is 7. The third-order valence-corrected chi connectivity index (χ3v) is 2.71. The van der Waals surface area contributed by atoms with Crippen LogP contribution in [-0.2, 0) is 4.79 Å². The van der Waals surface area contributed by atoms with Gasteiger partial charge in [-0.3, -0.25) is 4.79 Å². The maximum absolute atomic E-state index is 10.9. The molecule has 1 rings (SSSR count). The molecule has 6 nitrogen and oxygen atoms in total. The van der Waals surface area contributed by atoms with Crippen molar-refractivity contribution < 1.29 is 14.6 Å². The van der Waals surface area contributed by atoms with Gasteiger partial charge in [-0.05, 0) is 27.2 Å². The molecule has 0 aliphatic rings. The summed E-state index contributed by atoms with van der Waals surface area (Å²) >= 11 is 0. The Kier molecular flexibility index (Phi) is 5.54. The Hall–Kier alpha value is -1.85. The van der Waals surface area contributed by atoms with Crippen molar-refractivity contribution >= 4 is 11.8 Å². The first-order valence-corrected chi connectivity index (χ1v) is 6.41. The van der Waals surface area contributed by atoms with Gasteiger partial charge in [0.2, 0.25) is 5.88 Å². The van der Waals surface area contributed by atoms with Crippen LogP contribution in [0.4, 0.5) is 5.82 Å². The lowest BCUT2D eigenvalue weighted by Gasteiger charge is -2.28. The molecular formula is C13H21N3O3. The summed E-state index contributed by atoms with van der Waals surface area (Å²) < 4.78 is 5.50. The summed E-state index contributed by atoms with van der Waals surface area (Å²) in [5.74, 6) is 0.145. The topological polar surface area (TPSA) is 75.6 Å². The fraction of sp³-hybridized carbons (Fsp3) is 0.615. The molecule has 0 aliphatic carbocycles. The van der Waals surface area contributed by atoms with E-state index in [0.717, 1.165) is 6.42 Å². The molecular weight excluding hydrogens is 246 g/mol. The largest absolute Gasteiger partial charge is 0.480 e. The van der Waals surface area contributed by atoms with Crippen LogP contribution in [-0.4, -0.2) is 39.7 Å². The number of anilines is 1. The highest BCUT2D eigenvalue weighted by Crippen LogP contribution is 2.19. The fourth-order valence-electron chi connectivity index (χ4n) is 1.62. The second kappa shape index (κ2) is 6.92. The smallest absolute Gasteiger partial charge is 0.323 e. The van der Waals surface area contributed by atoms with Crippen molar-refractivity contribution in [3.05, 3.63) is 12.4 Å². The molecule has 1 N–H and O–H groups in total. The molecule has 1 aromatic heterocycles. The lowest BCUT2D eigenvalue weighted by Crippen LogP contribution is -2.37. The molecule has 0 spiro atoms. The molecule has 0 radical (unpaired) electrons. The Morgan fingerprint density at radius 1 is 1.42 bits per heavy atom. The van der Waals surface area contributed by atoms with Crippen LogP contribution in [0.5, 0.6) is 5.88 Å². The summed E-state index contributed by atoms with van der Waals surface area (Å²) in [6, 6.07) is 1.76. The quantitative estimate of drug-likeness (QED) is 0.813. The van der Waals surface area contributed by atoms with Gasteiger partial charge in [0.25, 0.3) is 0 Å². The van der Waals surface area contributed by atoms with E-state index in [1.165, 1.54) is 6.33 Å². The first kappa shape index (κ1) is 15.2. The van der Waals surface area contributed by atoms with E-state index in [4.69, 9.17) is 9.84 Å². The maximum atomic E-state index is 10.9. The number of hydrogen-bond donors (Lipinski definition) is 1. The monoisotopic (exact) mass is 267 g/mol. The molecule has 6 heteroatoms. The SMILES string of the molecule is CCC(C)N(CC(=O)O)c1cc(OC(C)C)ncn1. The Morgan fingerprint density at radius 2 is 2.11 bits per heavy atom. The Bertz CT molecular complexity index is 423. The molecule has 0 fully saturated rings. The van der Waals surface area contributed by atoms with Crippen molar-refractivity contribution in [1.29, 1.82) is 0 Å². The highest BCUT2D eigenvalue weighted by molar-refractivity contribution is 5.73. The van der Waals surface area contributed by atoms with E-state index < -0.39 is 5.97 Å². The number of carboxylic acid groups (broad SMARTS) is 1. The Labute approximate surface area is 113 Å². The number of ether oxygens (including phenoxy) is 1. The third kappa shape index (κ3) is 4.73. The summed E-state index contributed by atoms with van der Waals surface area (Å²) in [5.41, 5.74) is 0. The number of aliphatic carboxylic acids is 1. The molecule has 1 aromatic rings. The molecule has 0 aliphatic heterocycles. The minimum absolute atomic E-state index is 0.0132. The van der Waals surface area contributed by atoms with Gasteiger partial charge in [0.15, 0.2) is 0 Å². The molecule has 0 saturated carbocycles. The van der Waals surface area contributed by atoms with Crippen LogP contribution in [0.15, 0.2) is 12.4 Å². The summed E-state index contributed by atoms with van der Waals surface area (Å²) in [5, 5.41) is 8.99. The molecule has 0 bridgehead atoms. The van der Waals surface area contributed by atoms with Crippen molar-refractivity contribution in [3.63, 3.8) is 0 Å². The first-order chi connectivity index (χ1) is 8.93. The zero-order chi connectivity index (χ0) is 14.4. The summed E-state index contributed by atoms with van der Waals surface area (Å²) in [4.78, 5) is 20.8. The van der Waals surface area contributed by atoms with E-state index in [0.29, 0.717) is 11.7 Å². The van der Waals surface area contributed by atoms with Crippen LogP contribution in [0.1, 0.15) is 34.1 Å². The number of carboxylic acids is 1. The number of hydrogen-bond acceptors (Lipinski definition) is 5. The zero-order valence-electron chi connectivity index (χ0n) is 11.8.